The molecule has 0 aliphatic rings. The molecule has 0 saturated carbocycles. The predicted octanol–water partition coefficient (Wildman–Crippen LogP) is 3.05. The number of halogens is 4. The topological polar surface area (TPSA) is 52.6 Å². The summed E-state index contributed by atoms with van der Waals surface area (Å²) in [5.74, 6) is -5.30. The molecule has 0 bridgehead atoms. The van der Waals surface area contributed by atoms with Gasteiger partial charge in [0.2, 0.25) is 0 Å². The van der Waals surface area contributed by atoms with E-state index in [-0.39, 0.29) is 0 Å². The first-order chi connectivity index (χ1) is 10.1. The number of carbonyl (C=O) groups is 2. The fourth-order valence-corrected chi connectivity index (χ4v) is 1.41. The molecular weight excluding hydrogens is 348 g/mol. The lowest BCUT2D eigenvalue weighted by Crippen LogP contribution is -2.30. The Hall–Kier alpha value is -1.42. The van der Waals surface area contributed by atoms with Crippen molar-refractivity contribution < 1.29 is 36.6 Å². The van der Waals surface area contributed by atoms with Crippen LogP contribution >= 0.6 is 25.3 Å². The number of carbonyl (C=O) groups excluding carboxylic acids is 2. The van der Waals surface area contributed by atoms with Crippen LogP contribution in [0.1, 0.15) is 20.7 Å². The quantitative estimate of drug-likeness (QED) is 0.466. The third-order valence-electron chi connectivity index (χ3n) is 2.22. The molecule has 0 aliphatic carbocycles. The van der Waals surface area contributed by atoms with E-state index in [0.29, 0.717) is 0 Å². The third-order valence-corrected chi connectivity index (χ3v) is 2.96. The van der Waals surface area contributed by atoms with Crippen molar-refractivity contribution in [1.29, 1.82) is 0 Å². The molecule has 0 heterocycles. The van der Waals surface area contributed by atoms with Gasteiger partial charge in [-0.2, -0.15) is 42.8 Å². The van der Waals surface area contributed by atoms with Gasteiger partial charge >= 0.3 is 24.2 Å². The van der Waals surface area contributed by atoms with Crippen molar-refractivity contribution in [3.8, 4) is 0 Å². The van der Waals surface area contributed by atoms with Gasteiger partial charge in [0.05, 0.1) is 22.6 Å². The molecule has 0 radical (unpaired) electrons. The smallest absolute Gasteiger partial charge is 0.396 e. The lowest BCUT2D eigenvalue weighted by Gasteiger charge is -2.17. The highest BCUT2D eigenvalue weighted by molar-refractivity contribution is 7.80. The summed E-state index contributed by atoms with van der Waals surface area (Å²) in [6.07, 6.45) is -7.74. The summed E-state index contributed by atoms with van der Waals surface area (Å²) in [6, 6.07) is 4.41. The van der Waals surface area contributed by atoms with Crippen LogP contribution in [0.25, 0.3) is 0 Å². The van der Waals surface area contributed by atoms with Crippen LogP contribution in [0.2, 0.25) is 0 Å². The van der Waals surface area contributed by atoms with E-state index >= 15 is 0 Å². The first-order valence-electron chi connectivity index (χ1n) is 5.65. The van der Waals surface area contributed by atoms with Crippen molar-refractivity contribution in [2.45, 2.75) is 12.2 Å². The number of thiol groups is 2. The monoisotopic (exact) mass is 358 g/mol. The van der Waals surface area contributed by atoms with Gasteiger partial charge < -0.3 is 9.47 Å². The molecule has 0 N–H and O–H groups in total. The maximum atomic E-state index is 13.0. The van der Waals surface area contributed by atoms with Gasteiger partial charge in [0.15, 0.2) is 0 Å². The number of benzene rings is 1. The molecule has 122 valence electrons. The molecule has 0 atom stereocenters. The number of rotatable bonds is 6. The third kappa shape index (κ3) is 5.09. The Labute approximate surface area is 133 Å². The first kappa shape index (κ1) is 18.6. The summed E-state index contributed by atoms with van der Waals surface area (Å²) in [5, 5.41) is 0. The van der Waals surface area contributed by atoms with Gasteiger partial charge in [-0.15, -0.1) is 0 Å². The maximum absolute atomic E-state index is 13.0. The van der Waals surface area contributed by atoms with E-state index in [2.05, 4.69) is 34.7 Å². The Bertz CT molecular complexity index is 517. The van der Waals surface area contributed by atoms with Gasteiger partial charge in [-0.1, -0.05) is 12.1 Å². The molecule has 1 aromatic carbocycles. The molecular formula is C12H10F4O4S2. The van der Waals surface area contributed by atoms with Crippen molar-refractivity contribution in [2.75, 3.05) is 11.5 Å². The molecule has 0 fully saturated rings. The van der Waals surface area contributed by atoms with Crippen molar-refractivity contribution in [3.63, 3.8) is 0 Å². The average molecular weight is 358 g/mol. The summed E-state index contributed by atoms with van der Waals surface area (Å²) in [4.78, 5) is 23.3. The number of alkyl halides is 4. The molecule has 22 heavy (non-hydrogen) atoms. The fraction of sp³-hybridized carbons (Fsp3) is 0.333. The second-order valence-corrected chi connectivity index (χ2v) is 4.55. The number of ether oxygens (including phenoxy) is 2. The van der Waals surface area contributed by atoms with Crippen LogP contribution in [-0.4, -0.2) is 35.7 Å². The molecule has 10 heteroatoms. The number of hydrogen-bond acceptors (Lipinski definition) is 6. The van der Waals surface area contributed by atoms with Gasteiger partial charge in [0.1, 0.15) is 0 Å². The minimum atomic E-state index is -3.87. The lowest BCUT2D eigenvalue weighted by molar-refractivity contribution is -0.183. The van der Waals surface area contributed by atoms with Crippen LogP contribution in [0.4, 0.5) is 17.6 Å². The summed E-state index contributed by atoms with van der Waals surface area (Å²) >= 11 is 6.59. The largest absolute Gasteiger partial charge is 0.409 e. The SMILES string of the molecule is O=C(OC(F)(F)CS)c1ccccc1C(=O)OC(F)(F)CS. The summed E-state index contributed by atoms with van der Waals surface area (Å²) < 4.78 is 59.6. The highest BCUT2D eigenvalue weighted by atomic mass is 32.1. The minimum absolute atomic E-state index is 0.635. The Morgan fingerprint density at radius 3 is 1.45 bits per heavy atom. The molecule has 0 aromatic heterocycles. The second-order valence-electron chi connectivity index (χ2n) is 3.92. The van der Waals surface area contributed by atoms with E-state index in [4.69, 9.17) is 0 Å². The Kier molecular flexibility index (Phi) is 6.12. The first-order valence-corrected chi connectivity index (χ1v) is 6.91. The van der Waals surface area contributed by atoms with E-state index < -0.39 is 46.8 Å². The number of esters is 2. The van der Waals surface area contributed by atoms with Gasteiger partial charge in [0, 0.05) is 0 Å². The standard InChI is InChI=1S/C12H10F4O4S2/c13-11(14,5-21)19-9(17)7-3-1-2-4-8(7)10(18)20-12(15,16)6-22/h1-4,21-22H,5-6H2. The van der Waals surface area contributed by atoms with Crippen LogP contribution in [0.15, 0.2) is 24.3 Å². The Balaban J connectivity index is 3.04. The van der Waals surface area contributed by atoms with Crippen LogP contribution in [0, 0.1) is 0 Å². The predicted molar refractivity (Wildman–Crippen MR) is 74.9 cm³/mol. The van der Waals surface area contributed by atoms with Crippen molar-refractivity contribution in [1.82, 2.24) is 0 Å². The minimum Gasteiger partial charge on any atom is -0.396 e. The van der Waals surface area contributed by atoms with Crippen molar-refractivity contribution in [2.24, 2.45) is 0 Å². The second kappa shape index (κ2) is 7.23. The molecule has 0 unspecified atom stereocenters. The molecule has 0 spiro atoms. The molecule has 0 aliphatic heterocycles. The average Bonchev–Trinajstić information content (AvgIpc) is 2.46. The summed E-state index contributed by atoms with van der Waals surface area (Å²) in [6.45, 7) is 0. The summed E-state index contributed by atoms with van der Waals surface area (Å²) in [5.41, 5.74) is -1.27. The highest BCUT2D eigenvalue weighted by Gasteiger charge is 2.36. The zero-order chi connectivity index (χ0) is 17.0. The van der Waals surface area contributed by atoms with Gasteiger partial charge in [0.25, 0.3) is 0 Å². The van der Waals surface area contributed by atoms with Crippen molar-refractivity contribution in [3.05, 3.63) is 35.4 Å². The lowest BCUT2D eigenvalue weighted by atomic mass is 10.1. The molecule has 1 aromatic rings. The van der Waals surface area contributed by atoms with E-state index in [9.17, 15) is 27.2 Å². The molecule has 0 saturated heterocycles. The van der Waals surface area contributed by atoms with Gasteiger partial charge in [-0.25, -0.2) is 9.59 Å². The van der Waals surface area contributed by atoms with Gasteiger partial charge in [-0.3, -0.25) is 0 Å². The normalized spacial score (nSPS) is 11.9. The Morgan fingerprint density at radius 2 is 1.18 bits per heavy atom. The maximum Gasteiger partial charge on any atom is 0.409 e. The highest BCUT2D eigenvalue weighted by Crippen LogP contribution is 2.23. The fourth-order valence-electron chi connectivity index (χ4n) is 1.28. The van der Waals surface area contributed by atoms with E-state index in [1.165, 1.54) is 12.1 Å². The van der Waals surface area contributed by atoms with Crippen LogP contribution < -0.4 is 0 Å². The summed E-state index contributed by atoms with van der Waals surface area (Å²) in [7, 11) is 0. The molecule has 0 amide bonds. The van der Waals surface area contributed by atoms with Crippen LogP contribution in [0.3, 0.4) is 0 Å². The molecule has 1 rings (SSSR count). The van der Waals surface area contributed by atoms with Gasteiger partial charge in [-0.05, 0) is 12.1 Å². The van der Waals surface area contributed by atoms with Crippen LogP contribution in [-0.2, 0) is 9.47 Å². The van der Waals surface area contributed by atoms with Crippen molar-refractivity contribution >= 4 is 37.2 Å². The van der Waals surface area contributed by atoms with E-state index in [1.807, 2.05) is 0 Å². The molecule has 4 nitrogen and oxygen atoms in total. The van der Waals surface area contributed by atoms with E-state index in [0.717, 1.165) is 12.1 Å². The number of hydrogen-bond donors (Lipinski definition) is 2. The zero-order valence-electron chi connectivity index (χ0n) is 10.8. The Morgan fingerprint density at radius 1 is 0.864 bits per heavy atom. The zero-order valence-corrected chi connectivity index (χ0v) is 12.6. The van der Waals surface area contributed by atoms with E-state index in [1.54, 1.807) is 0 Å². The van der Waals surface area contributed by atoms with Crippen LogP contribution in [0.5, 0.6) is 0 Å².